The van der Waals surface area contributed by atoms with E-state index in [1.807, 2.05) is 6.92 Å². The van der Waals surface area contributed by atoms with Crippen LogP contribution < -0.4 is 0 Å². The SMILES string of the molecule is CCCCS(=O)(=O)N(C)C1CCS(=O)(=O)C1. The van der Waals surface area contributed by atoms with Gasteiger partial charge in [0, 0.05) is 13.1 Å². The van der Waals surface area contributed by atoms with Crippen molar-refractivity contribution in [1.29, 1.82) is 0 Å². The van der Waals surface area contributed by atoms with Crippen molar-refractivity contribution in [2.45, 2.75) is 32.2 Å². The van der Waals surface area contributed by atoms with Crippen LogP contribution in [-0.2, 0) is 19.9 Å². The van der Waals surface area contributed by atoms with Crippen LogP contribution in [0.15, 0.2) is 0 Å². The van der Waals surface area contributed by atoms with E-state index in [-0.39, 0.29) is 23.3 Å². The highest BCUT2D eigenvalue weighted by Crippen LogP contribution is 2.19. The Balaban J connectivity index is 2.68. The Morgan fingerprint density at radius 2 is 2.00 bits per heavy atom. The molecule has 1 aliphatic heterocycles. The lowest BCUT2D eigenvalue weighted by Crippen LogP contribution is -2.39. The zero-order chi connectivity index (χ0) is 12.4. The molecule has 0 N–H and O–H groups in total. The van der Waals surface area contributed by atoms with Crippen molar-refractivity contribution in [2.24, 2.45) is 0 Å². The second kappa shape index (κ2) is 5.01. The summed E-state index contributed by atoms with van der Waals surface area (Å²) in [5, 5.41) is 0. The minimum Gasteiger partial charge on any atom is -0.229 e. The molecule has 96 valence electrons. The number of unbranched alkanes of at least 4 members (excludes halogenated alkanes) is 1. The van der Waals surface area contributed by atoms with Crippen molar-refractivity contribution in [3.05, 3.63) is 0 Å². The van der Waals surface area contributed by atoms with Gasteiger partial charge in [-0.2, -0.15) is 0 Å². The van der Waals surface area contributed by atoms with Gasteiger partial charge >= 0.3 is 0 Å². The first kappa shape index (κ1) is 13.9. The van der Waals surface area contributed by atoms with Gasteiger partial charge in [-0.1, -0.05) is 13.3 Å². The molecule has 1 rings (SSSR count). The molecule has 0 spiro atoms. The standard InChI is InChI=1S/C9H19NO4S2/c1-3-4-6-16(13,14)10(2)9-5-7-15(11,12)8-9/h9H,3-8H2,1-2H3. The van der Waals surface area contributed by atoms with Crippen LogP contribution in [0.25, 0.3) is 0 Å². The van der Waals surface area contributed by atoms with E-state index in [2.05, 4.69) is 0 Å². The monoisotopic (exact) mass is 269 g/mol. The Labute approximate surface area is 97.8 Å². The molecule has 0 aromatic rings. The molecule has 0 aromatic carbocycles. The van der Waals surface area contributed by atoms with Gasteiger partial charge in [0.05, 0.1) is 17.3 Å². The average molecular weight is 269 g/mol. The highest BCUT2D eigenvalue weighted by molar-refractivity contribution is 7.92. The maximum Gasteiger partial charge on any atom is 0.214 e. The fraction of sp³-hybridized carbons (Fsp3) is 1.00. The quantitative estimate of drug-likeness (QED) is 0.716. The number of sulfonamides is 1. The Bertz CT molecular complexity index is 426. The first-order chi connectivity index (χ1) is 7.28. The summed E-state index contributed by atoms with van der Waals surface area (Å²) < 4.78 is 47.4. The summed E-state index contributed by atoms with van der Waals surface area (Å²) in [5.41, 5.74) is 0. The maximum atomic E-state index is 11.8. The van der Waals surface area contributed by atoms with Crippen LogP contribution >= 0.6 is 0 Å². The topological polar surface area (TPSA) is 71.5 Å². The van der Waals surface area contributed by atoms with Crippen LogP contribution in [0.1, 0.15) is 26.2 Å². The van der Waals surface area contributed by atoms with Crippen LogP contribution in [-0.4, -0.2) is 51.5 Å². The number of rotatable bonds is 5. The Kier molecular flexibility index (Phi) is 4.36. The van der Waals surface area contributed by atoms with Crippen molar-refractivity contribution in [2.75, 3.05) is 24.3 Å². The summed E-state index contributed by atoms with van der Waals surface area (Å²) in [7, 11) is -4.83. The van der Waals surface area contributed by atoms with Gasteiger partial charge in [0.2, 0.25) is 10.0 Å². The van der Waals surface area contributed by atoms with E-state index in [4.69, 9.17) is 0 Å². The van der Waals surface area contributed by atoms with E-state index in [0.717, 1.165) is 6.42 Å². The normalized spacial score (nSPS) is 25.1. The molecule has 0 aromatic heterocycles. The third-order valence-electron chi connectivity index (χ3n) is 2.92. The molecule has 1 fully saturated rings. The molecule has 1 saturated heterocycles. The highest BCUT2D eigenvalue weighted by atomic mass is 32.2. The zero-order valence-electron chi connectivity index (χ0n) is 9.72. The molecule has 1 unspecified atom stereocenters. The van der Waals surface area contributed by atoms with Crippen LogP contribution in [0.3, 0.4) is 0 Å². The van der Waals surface area contributed by atoms with Crippen LogP contribution in [0.2, 0.25) is 0 Å². The number of sulfone groups is 1. The van der Waals surface area contributed by atoms with Crippen LogP contribution in [0.5, 0.6) is 0 Å². The molecular weight excluding hydrogens is 250 g/mol. The molecule has 0 amide bonds. The first-order valence-corrected chi connectivity index (χ1v) is 8.87. The fourth-order valence-corrected chi connectivity index (χ4v) is 5.20. The second-order valence-corrected chi connectivity index (χ2v) is 8.62. The van der Waals surface area contributed by atoms with E-state index in [1.54, 1.807) is 0 Å². The number of hydrogen-bond acceptors (Lipinski definition) is 4. The lowest BCUT2D eigenvalue weighted by atomic mass is 10.3. The van der Waals surface area contributed by atoms with Gasteiger partial charge in [0.25, 0.3) is 0 Å². The number of nitrogens with zero attached hydrogens (tertiary/aromatic N) is 1. The van der Waals surface area contributed by atoms with E-state index < -0.39 is 19.9 Å². The average Bonchev–Trinajstić information content (AvgIpc) is 2.54. The molecule has 0 aliphatic carbocycles. The summed E-state index contributed by atoms with van der Waals surface area (Å²) in [6.45, 7) is 1.93. The summed E-state index contributed by atoms with van der Waals surface area (Å²) >= 11 is 0. The van der Waals surface area contributed by atoms with Gasteiger partial charge in [-0.3, -0.25) is 0 Å². The highest BCUT2D eigenvalue weighted by Gasteiger charge is 2.35. The van der Waals surface area contributed by atoms with Gasteiger partial charge in [0.1, 0.15) is 0 Å². The van der Waals surface area contributed by atoms with Gasteiger partial charge in [-0.25, -0.2) is 21.1 Å². The Hall–Kier alpha value is -0.140. The van der Waals surface area contributed by atoms with E-state index in [1.165, 1.54) is 11.4 Å². The maximum absolute atomic E-state index is 11.8. The lowest BCUT2D eigenvalue weighted by Gasteiger charge is -2.22. The van der Waals surface area contributed by atoms with Crippen LogP contribution in [0, 0.1) is 0 Å². The molecule has 0 saturated carbocycles. The second-order valence-electron chi connectivity index (χ2n) is 4.24. The summed E-state index contributed by atoms with van der Waals surface area (Å²) in [6.07, 6.45) is 1.85. The van der Waals surface area contributed by atoms with E-state index in [9.17, 15) is 16.8 Å². The van der Waals surface area contributed by atoms with Gasteiger partial charge in [-0.05, 0) is 12.8 Å². The summed E-state index contributed by atoms with van der Waals surface area (Å²) in [4.78, 5) is 0. The molecule has 5 nitrogen and oxygen atoms in total. The molecule has 1 aliphatic rings. The third kappa shape index (κ3) is 3.43. The Morgan fingerprint density at radius 3 is 2.44 bits per heavy atom. The smallest absolute Gasteiger partial charge is 0.214 e. The van der Waals surface area contributed by atoms with Crippen molar-refractivity contribution in [3.63, 3.8) is 0 Å². The molecule has 7 heteroatoms. The lowest BCUT2D eigenvalue weighted by molar-refractivity contribution is 0.393. The van der Waals surface area contributed by atoms with E-state index in [0.29, 0.717) is 12.8 Å². The predicted octanol–water partition coefficient (Wildman–Crippen LogP) is 0.235. The molecule has 1 atom stereocenters. The minimum absolute atomic E-state index is 0.0329. The zero-order valence-corrected chi connectivity index (χ0v) is 11.3. The third-order valence-corrected chi connectivity index (χ3v) is 6.65. The molecule has 16 heavy (non-hydrogen) atoms. The van der Waals surface area contributed by atoms with Crippen molar-refractivity contribution in [1.82, 2.24) is 4.31 Å². The van der Waals surface area contributed by atoms with Gasteiger partial charge in [-0.15, -0.1) is 0 Å². The molecule has 0 radical (unpaired) electrons. The number of hydrogen-bond donors (Lipinski definition) is 0. The first-order valence-electron chi connectivity index (χ1n) is 5.44. The van der Waals surface area contributed by atoms with E-state index >= 15 is 0 Å². The minimum atomic E-state index is -3.29. The fourth-order valence-electron chi connectivity index (χ4n) is 1.76. The van der Waals surface area contributed by atoms with Crippen molar-refractivity contribution in [3.8, 4) is 0 Å². The summed E-state index contributed by atoms with van der Waals surface area (Å²) in [5.74, 6) is 0.177. The predicted molar refractivity (Wildman–Crippen MR) is 63.5 cm³/mol. The van der Waals surface area contributed by atoms with Crippen LogP contribution in [0.4, 0.5) is 0 Å². The summed E-state index contributed by atoms with van der Waals surface area (Å²) in [6, 6.07) is -0.369. The van der Waals surface area contributed by atoms with Gasteiger partial charge < -0.3 is 0 Å². The largest absolute Gasteiger partial charge is 0.229 e. The van der Waals surface area contributed by atoms with Crippen molar-refractivity contribution >= 4 is 19.9 Å². The molecular formula is C9H19NO4S2. The molecule has 0 bridgehead atoms. The molecule has 1 heterocycles. The Morgan fingerprint density at radius 1 is 1.38 bits per heavy atom. The van der Waals surface area contributed by atoms with Crippen molar-refractivity contribution < 1.29 is 16.8 Å². The van der Waals surface area contributed by atoms with Gasteiger partial charge in [0.15, 0.2) is 9.84 Å².